The maximum atomic E-state index is 3.69. The molecule has 1 saturated carbocycles. The minimum Gasteiger partial charge on any atom is -0.383 e. The van der Waals surface area contributed by atoms with Crippen LogP contribution in [0.5, 0.6) is 0 Å². The molecule has 1 heterocycles. The van der Waals surface area contributed by atoms with Crippen LogP contribution in [0.15, 0.2) is 18.2 Å². The van der Waals surface area contributed by atoms with Gasteiger partial charge in [-0.2, -0.15) is 0 Å². The highest BCUT2D eigenvalue weighted by Crippen LogP contribution is 2.40. The molecule has 0 radical (unpaired) electrons. The first-order valence-corrected chi connectivity index (χ1v) is 6.87. The maximum absolute atomic E-state index is 3.69. The van der Waals surface area contributed by atoms with Crippen LogP contribution in [0, 0.1) is 12.3 Å². The van der Waals surface area contributed by atoms with Gasteiger partial charge in [-0.05, 0) is 31.4 Å². The Labute approximate surface area is 104 Å². The number of benzene rings is 1. The van der Waals surface area contributed by atoms with Crippen molar-refractivity contribution in [3.8, 4) is 0 Å². The van der Waals surface area contributed by atoms with E-state index in [4.69, 9.17) is 0 Å². The van der Waals surface area contributed by atoms with E-state index in [1.165, 1.54) is 49.0 Å². The van der Waals surface area contributed by atoms with E-state index in [1.807, 2.05) is 0 Å². The molecule has 2 heteroatoms. The Kier molecular flexibility index (Phi) is 2.73. The lowest BCUT2D eigenvalue weighted by atomic mass is 9.74. The second-order valence-corrected chi connectivity index (χ2v) is 5.77. The zero-order valence-electron chi connectivity index (χ0n) is 10.7. The molecule has 1 aromatic rings. The van der Waals surface area contributed by atoms with Gasteiger partial charge < -0.3 is 10.6 Å². The third-order valence-electron chi connectivity index (χ3n) is 4.48. The largest absolute Gasteiger partial charge is 0.383 e. The molecule has 1 spiro atoms. The molecule has 2 nitrogen and oxygen atoms in total. The summed E-state index contributed by atoms with van der Waals surface area (Å²) in [6.07, 6.45) is 6.98. The number of rotatable bonds is 0. The molecule has 3 rings (SSSR count). The van der Waals surface area contributed by atoms with Gasteiger partial charge in [0.2, 0.25) is 0 Å². The van der Waals surface area contributed by atoms with E-state index in [-0.39, 0.29) is 0 Å². The summed E-state index contributed by atoms with van der Waals surface area (Å²) in [4.78, 5) is 0. The van der Waals surface area contributed by atoms with Crippen LogP contribution in [0.3, 0.4) is 0 Å². The van der Waals surface area contributed by atoms with E-state index in [1.54, 1.807) is 0 Å². The SMILES string of the molecule is Cc1cccc2c1NCC1(CCCCC1)CN2. The topological polar surface area (TPSA) is 24.1 Å². The Balaban J connectivity index is 1.85. The predicted octanol–water partition coefficient (Wildman–Crippen LogP) is 3.78. The highest BCUT2D eigenvalue weighted by atomic mass is 15.0. The maximum Gasteiger partial charge on any atom is 0.0605 e. The van der Waals surface area contributed by atoms with Gasteiger partial charge in [0.25, 0.3) is 0 Å². The van der Waals surface area contributed by atoms with Crippen LogP contribution in [-0.4, -0.2) is 13.1 Å². The molecule has 92 valence electrons. The van der Waals surface area contributed by atoms with Gasteiger partial charge in [0.05, 0.1) is 11.4 Å². The lowest BCUT2D eigenvalue weighted by Gasteiger charge is -2.36. The van der Waals surface area contributed by atoms with Crippen LogP contribution < -0.4 is 10.6 Å². The summed E-state index contributed by atoms with van der Waals surface area (Å²) in [6, 6.07) is 6.52. The first-order valence-electron chi connectivity index (χ1n) is 6.87. The molecule has 1 fully saturated rings. The summed E-state index contributed by atoms with van der Waals surface area (Å²) >= 11 is 0. The van der Waals surface area contributed by atoms with Gasteiger partial charge in [-0.1, -0.05) is 31.4 Å². The number of anilines is 2. The van der Waals surface area contributed by atoms with Gasteiger partial charge in [-0.15, -0.1) is 0 Å². The summed E-state index contributed by atoms with van der Waals surface area (Å²) in [5.74, 6) is 0. The fourth-order valence-electron chi connectivity index (χ4n) is 3.33. The standard InChI is InChI=1S/C15H22N2/c1-12-6-5-7-13-14(12)17-11-15(10-16-13)8-3-2-4-9-15/h5-7,16-17H,2-4,8-11H2,1H3. The fraction of sp³-hybridized carbons (Fsp3) is 0.600. The Hall–Kier alpha value is -1.18. The van der Waals surface area contributed by atoms with Gasteiger partial charge in [0.1, 0.15) is 0 Å². The molecule has 2 aliphatic rings. The Morgan fingerprint density at radius 2 is 1.76 bits per heavy atom. The van der Waals surface area contributed by atoms with E-state index in [0.29, 0.717) is 5.41 Å². The molecule has 0 saturated heterocycles. The molecule has 0 atom stereocenters. The summed E-state index contributed by atoms with van der Waals surface area (Å²) in [6.45, 7) is 4.46. The van der Waals surface area contributed by atoms with Gasteiger partial charge in [-0.25, -0.2) is 0 Å². The normalized spacial score (nSPS) is 22.2. The average Bonchev–Trinajstić information content (AvgIpc) is 2.53. The van der Waals surface area contributed by atoms with E-state index in [2.05, 4.69) is 35.8 Å². The Bertz CT molecular complexity index is 405. The highest BCUT2D eigenvalue weighted by Gasteiger charge is 2.33. The van der Waals surface area contributed by atoms with Crippen molar-refractivity contribution >= 4 is 11.4 Å². The van der Waals surface area contributed by atoms with Crippen molar-refractivity contribution in [3.05, 3.63) is 23.8 Å². The molecule has 1 aliphatic heterocycles. The zero-order valence-corrected chi connectivity index (χ0v) is 10.7. The van der Waals surface area contributed by atoms with Crippen molar-refractivity contribution in [2.75, 3.05) is 23.7 Å². The van der Waals surface area contributed by atoms with Crippen molar-refractivity contribution in [1.82, 2.24) is 0 Å². The second kappa shape index (κ2) is 4.25. The third kappa shape index (κ3) is 2.01. The number of hydrogen-bond acceptors (Lipinski definition) is 2. The van der Waals surface area contributed by atoms with Crippen molar-refractivity contribution in [1.29, 1.82) is 0 Å². The molecule has 2 N–H and O–H groups in total. The molecular weight excluding hydrogens is 208 g/mol. The first-order chi connectivity index (χ1) is 8.29. The minimum absolute atomic E-state index is 0.490. The van der Waals surface area contributed by atoms with Gasteiger partial charge in [-0.3, -0.25) is 0 Å². The predicted molar refractivity (Wildman–Crippen MR) is 73.7 cm³/mol. The van der Waals surface area contributed by atoms with E-state index >= 15 is 0 Å². The number of nitrogens with one attached hydrogen (secondary N) is 2. The quantitative estimate of drug-likeness (QED) is 0.708. The van der Waals surface area contributed by atoms with Crippen LogP contribution in [0.25, 0.3) is 0 Å². The van der Waals surface area contributed by atoms with Gasteiger partial charge in [0.15, 0.2) is 0 Å². The first kappa shape index (κ1) is 10.9. The Morgan fingerprint density at radius 1 is 1.00 bits per heavy atom. The smallest absolute Gasteiger partial charge is 0.0605 e. The number of para-hydroxylation sites is 1. The highest BCUT2D eigenvalue weighted by molar-refractivity contribution is 5.73. The third-order valence-corrected chi connectivity index (χ3v) is 4.48. The molecule has 1 aromatic carbocycles. The van der Waals surface area contributed by atoms with Crippen LogP contribution in [0.4, 0.5) is 11.4 Å². The van der Waals surface area contributed by atoms with Crippen LogP contribution in [0.1, 0.15) is 37.7 Å². The van der Waals surface area contributed by atoms with Crippen molar-refractivity contribution in [2.24, 2.45) is 5.41 Å². The van der Waals surface area contributed by atoms with Crippen molar-refractivity contribution in [2.45, 2.75) is 39.0 Å². The van der Waals surface area contributed by atoms with E-state index in [0.717, 1.165) is 13.1 Å². The van der Waals surface area contributed by atoms with E-state index < -0.39 is 0 Å². The zero-order chi connectivity index (χ0) is 11.7. The molecule has 0 bridgehead atoms. The van der Waals surface area contributed by atoms with Crippen LogP contribution in [0.2, 0.25) is 0 Å². The lowest BCUT2D eigenvalue weighted by molar-refractivity contribution is 0.224. The summed E-state index contributed by atoms with van der Waals surface area (Å²) in [5, 5.41) is 7.36. The number of aryl methyl sites for hydroxylation is 1. The number of hydrogen-bond donors (Lipinski definition) is 2. The summed E-state index contributed by atoms with van der Waals surface area (Å²) in [5.41, 5.74) is 4.44. The summed E-state index contributed by atoms with van der Waals surface area (Å²) < 4.78 is 0. The lowest BCUT2D eigenvalue weighted by Crippen LogP contribution is -2.36. The van der Waals surface area contributed by atoms with E-state index in [9.17, 15) is 0 Å². The van der Waals surface area contributed by atoms with Crippen molar-refractivity contribution < 1.29 is 0 Å². The minimum atomic E-state index is 0.490. The van der Waals surface area contributed by atoms with Gasteiger partial charge >= 0.3 is 0 Å². The Morgan fingerprint density at radius 3 is 2.59 bits per heavy atom. The molecule has 0 amide bonds. The fourth-order valence-corrected chi connectivity index (χ4v) is 3.33. The van der Waals surface area contributed by atoms with Gasteiger partial charge in [0, 0.05) is 18.5 Å². The molecule has 0 unspecified atom stereocenters. The molecule has 1 aliphatic carbocycles. The van der Waals surface area contributed by atoms with Crippen molar-refractivity contribution in [3.63, 3.8) is 0 Å². The molecule has 17 heavy (non-hydrogen) atoms. The molecule has 0 aromatic heterocycles. The van der Waals surface area contributed by atoms with Crippen LogP contribution in [-0.2, 0) is 0 Å². The number of fused-ring (bicyclic) bond motifs is 1. The van der Waals surface area contributed by atoms with Crippen LogP contribution >= 0.6 is 0 Å². The second-order valence-electron chi connectivity index (χ2n) is 5.77. The molecular formula is C15H22N2. The average molecular weight is 230 g/mol. The monoisotopic (exact) mass is 230 g/mol. The summed E-state index contributed by atoms with van der Waals surface area (Å²) in [7, 11) is 0.